The van der Waals surface area contributed by atoms with Gasteiger partial charge in [0.2, 0.25) is 0 Å². The van der Waals surface area contributed by atoms with Gasteiger partial charge >= 0.3 is 0 Å². The number of fused-ring (bicyclic) bond motifs is 1. The smallest absolute Gasteiger partial charge is 0.271 e. The van der Waals surface area contributed by atoms with E-state index < -0.39 is 0 Å². The van der Waals surface area contributed by atoms with Crippen LogP contribution in [0, 0.1) is 0 Å². The Bertz CT molecular complexity index is 1010. The van der Waals surface area contributed by atoms with Crippen molar-refractivity contribution in [3.05, 3.63) is 63.5 Å². The molecule has 3 heterocycles. The predicted octanol–water partition coefficient (Wildman–Crippen LogP) is 3.13. The highest BCUT2D eigenvalue weighted by molar-refractivity contribution is 7.15. The van der Waals surface area contributed by atoms with E-state index in [2.05, 4.69) is 4.98 Å². The number of benzene rings is 1. The fourth-order valence-electron chi connectivity index (χ4n) is 3.50. The van der Waals surface area contributed by atoms with E-state index >= 15 is 0 Å². The molecule has 7 heteroatoms. The second-order valence-corrected chi connectivity index (χ2v) is 7.19. The van der Waals surface area contributed by atoms with Crippen LogP contribution in [-0.4, -0.2) is 33.8 Å². The van der Waals surface area contributed by atoms with Gasteiger partial charge in [0, 0.05) is 24.3 Å². The molecule has 0 saturated carbocycles. The summed E-state index contributed by atoms with van der Waals surface area (Å²) < 4.78 is 6.75. The van der Waals surface area contributed by atoms with E-state index in [1.54, 1.807) is 23.6 Å². The highest BCUT2D eigenvalue weighted by Crippen LogP contribution is 2.33. The van der Waals surface area contributed by atoms with Gasteiger partial charge in [-0.3, -0.25) is 14.0 Å². The van der Waals surface area contributed by atoms with Gasteiger partial charge in [0.1, 0.15) is 11.3 Å². The fourth-order valence-corrected chi connectivity index (χ4v) is 4.17. The van der Waals surface area contributed by atoms with E-state index in [0.717, 1.165) is 30.6 Å². The van der Waals surface area contributed by atoms with Crippen molar-refractivity contribution >= 4 is 22.2 Å². The Labute approximate surface area is 154 Å². The number of piperidine rings is 1. The Kier molecular flexibility index (Phi) is 4.46. The highest BCUT2D eigenvalue weighted by Gasteiger charge is 2.30. The molecule has 6 nitrogen and oxygen atoms in total. The number of thiazole rings is 1. The first-order chi connectivity index (χ1) is 12.7. The van der Waals surface area contributed by atoms with Gasteiger partial charge < -0.3 is 9.64 Å². The van der Waals surface area contributed by atoms with E-state index in [1.807, 2.05) is 24.3 Å². The van der Waals surface area contributed by atoms with Crippen LogP contribution >= 0.6 is 11.3 Å². The predicted molar refractivity (Wildman–Crippen MR) is 100.0 cm³/mol. The lowest BCUT2D eigenvalue weighted by atomic mass is 9.94. The van der Waals surface area contributed by atoms with Crippen LogP contribution in [0.25, 0.3) is 4.96 Å². The first-order valence-electron chi connectivity index (χ1n) is 8.59. The number of methoxy groups -OCH3 is 1. The lowest BCUT2D eigenvalue weighted by Gasteiger charge is -2.36. The van der Waals surface area contributed by atoms with Gasteiger partial charge in [-0.25, -0.2) is 4.98 Å². The summed E-state index contributed by atoms with van der Waals surface area (Å²) in [5.41, 5.74) is 0.842. The average Bonchev–Trinajstić information content (AvgIpc) is 3.17. The van der Waals surface area contributed by atoms with Crippen LogP contribution < -0.4 is 10.3 Å². The van der Waals surface area contributed by atoms with Crippen molar-refractivity contribution in [2.45, 2.75) is 25.3 Å². The first-order valence-corrected chi connectivity index (χ1v) is 9.47. The molecular formula is C19H19N3O3S. The minimum Gasteiger partial charge on any atom is -0.497 e. The summed E-state index contributed by atoms with van der Waals surface area (Å²) in [6, 6.07) is 7.72. The van der Waals surface area contributed by atoms with E-state index in [0.29, 0.717) is 11.5 Å². The zero-order chi connectivity index (χ0) is 18.1. The Morgan fingerprint density at radius 3 is 3.08 bits per heavy atom. The summed E-state index contributed by atoms with van der Waals surface area (Å²) in [5.74, 6) is 0.512. The topological polar surface area (TPSA) is 63.9 Å². The van der Waals surface area contributed by atoms with Crippen LogP contribution in [0.1, 0.15) is 41.2 Å². The molecular weight excluding hydrogens is 350 g/mol. The molecule has 1 aromatic carbocycles. The maximum absolute atomic E-state index is 13.2. The van der Waals surface area contributed by atoms with Crippen LogP contribution in [0.4, 0.5) is 0 Å². The minimum absolute atomic E-state index is 0.0612. The molecule has 4 rings (SSSR count). The first kappa shape index (κ1) is 16.8. The van der Waals surface area contributed by atoms with Crippen LogP contribution in [0.2, 0.25) is 0 Å². The normalized spacial score (nSPS) is 17.4. The number of nitrogens with zero attached hydrogens (tertiary/aromatic N) is 3. The molecule has 1 saturated heterocycles. The van der Waals surface area contributed by atoms with Gasteiger partial charge in [-0.15, -0.1) is 11.3 Å². The summed E-state index contributed by atoms with van der Waals surface area (Å²) >= 11 is 1.37. The van der Waals surface area contributed by atoms with Crippen molar-refractivity contribution in [2.24, 2.45) is 0 Å². The van der Waals surface area contributed by atoms with Gasteiger partial charge in [-0.2, -0.15) is 0 Å². The lowest BCUT2D eigenvalue weighted by Crippen LogP contribution is -2.41. The van der Waals surface area contributed by atoms with Crippen LogP contribution in [0.15, 0.2) is 46.8 Å². The third-order valence-electron chi connectivity index (χ3n) is 4.82. The second-order valence-electron chi connectivity index (χ2n) is 6.32. The molecule has 0 unspecified atom stereocenters. The van der Waals surface area contributed by atoms with Gasteiger partial charge in [0.25, 0.3) is 11.5 Å². The number of rotatable bonds is 3. The highest BCUT2D eigenvalue weighted by atomic mass is 32.1. The van der Waals surface area contributed by atoms with Crippen molar-refractivity contribution in [1.82, 2.24) is 14.3 Å². The molecule has 2 aromatic heterocycles. The second kappa shape index (κ2) is 6.92. The summed E-state index contributed by atoms with van der Waals surface area (Å²) in [7, 11) is 1.63. The van der Waals surface area contributed by atoms with Crippen LogP contribution in [-0.2, 0) is 0 Å². The van der Waals surface area contributed by atoms with Crippen molar-refractivity contribution in [1.29, 1.82) is 0 Å². The van der Waals surface area contributed by atoms with Gasteiger partial charge in [0.05, 0.1) is 13.2 Å². The maximum atomic E-state index is 13.2. The van der Waals surface area contributed by atoms with Gasteiger partial charge in [0.15, 0.2) is 4.96 Å². The van der Waals surface area contributed by atoms with Crippen molar-refractivity contribution < 1.29 is 9.53 Å². The number of carbonyl (C=O) groups excluding carboxylic acids is 1. The van der Waals surface area contributed by atoms with Gasteiger partial charge in [-0.05, 0) is 37.0 Å². The Morgan fingerprint density at radius 2 is 2.23 bits per heavy atom. The van der Waals surface area contributed by atoms with Gasteiger partial charge in [-0.1, -0.05) is 12.1 Å². The zero-order valence-corrected chi connectivity index (χ0v) is 15.2. The molecule has 0 bridgehead atoms. The molecule has 0 N–H and O–H groups in total. The summed E-state index contributed by atoms with van der Waals surface area (Å²) in [5, 5.41) is 1.79. The average molecular weight is 369 g/mol. The van der Waals surface area contributed by atoms with E-state index in [4.69, 9.17) is 4.74 Å². The van der Waals surface area contributed by atoms with Crippen molar-refractivity contribution in [3.63, 3.8) is 0 Å². The summed E-state index contributed by atoms with van der Waals surface area (Å²) in [4.78, 5) is 32.5. The molecule has 134 valence electrons. The van der Waals surface area contributed by atoms with Crippen molar-refractivity contribution in [2.75, 3.05) is 13.7 Å². The third kappa shape index (κ3) is 2.88. The number of ether oxygens (including phenoxy) is 1. The molecule has 0 aliphatic carbocycles. The van der Waals surface area contributed by atoms with E-state index in [1.165, 1.54) is 21.9 Å². The molecule has 1 aliphatic rings. The fraction of sp³-hybridized carbons (Fsp3) is 0.316. The molecule has 1 fully saturated rings. The largest absolute Gasteiger partial charge is 0.497 e. The zero-order valence-electron chi connectivity index (χ0n) is 14.4. The number of amides is 1. The number of hydrogen-bond donors (Lipinski definition) is 0. The molecule has 26 heavy (non-hydrogen) atoms. The molecule has 1 atom stereocenters. The number of carbonyl (C=O) groups is 1. The maximum Gasteiger partial charge on any atom is 0.271 e. The Morgan fingerprint density at radius 1 is 1.35 bits per heavy atom. The number of likely N-dealkylation sites (tertiary alicyclic amines) is 1. The monoisotopic (exact) mass is 369 g/mol. The number of aromatic nitrogens is 2. The molecule has 0 spiro atoms. The molecule has 1 aliphatic heterocycles. The summed E-state index contributed by atoms with van der Waals surface area (Å²) in [6.07, 6.45) is 5.91. The SMILES string of the molecule is COc1cccc([C@@H]2CCCCN2C(=O)c2cnc3sccn3c2=O)c1. The Balaban J connectivity index is 1.72. The van der Waals surface area contributed by atoms with E-state index in [9.17, 15) is 9.59 Å². The Hall–Kier alpha value is -2.67. The molecule has 3 aromatic rings. The third-order valence-corrected chi connectivity index (χ3v) is 5.59. The minimum atomic E-state index is -0.309. The van der Waals surface area contributed by atoms with Crippen molar-refractivity contribution in [3.8, 4) is 5.75 Å². The lowest BCUT2D eigenvalue weighted by molar-refractivity contribution is 0.0608. The summed E-state index contributed by atoms with van der Waals surface area (Å²) in [6.45, 7) is 0.631. The van der Waals surface area contributed by atoms with Crippen LogP contribution in [0.3, 0.4) is 0 Å². The standard InChI is InChI=1S/C19H19N3O3S/c1-25-14-6-4-5-13(11-14)16-7-2-3-8-21(16)17(23)15-12-20-19-22(18(15)24)9-10-26-19/h4-6,9-12,16H,2-3,7-8H2,1H3/t16-/m0/s1. The molecule has 1 amide bonds. The van der Waals surface area contributed by atoms with E-state index in [-0.39, 0.29) is 23.1 Å². The van der Waals surface area contributed by atoms with Crippen LogP contribution in [0.5, 0.6) is 5.75 Å². The quantitative estimate of drug-likeness (QED) is 0.712. The molecule has 0 radical (unpaired) electrons. The number of hydrogen-bond acceptors (Lipinski definition) is 5.